The Morgan fingerprint density at radius 1 is 1.50 bits per heavy atom. The molecule has 0 bridgehead atoms. The number of esters is 1. The molecule has 0 spiro atoms. The number of rotatable bonds is 6. The standard InChI is InChI=1S/C14H17F2NO2S/c1-17-14(9-3-4-9,13(18)19-2)8-20-12-7-10(15)5-6-11(12)16/h5-7,9,17H,3-4,8H2,1-2H3. The Balaban J connectivity index is 2.16. The van der Waals surface area contributed by atoms with Gasteiger partial charge >= 0.3 is 5.97 Å². The Morgan fingerprint density at radius 2 is 2.20 bits per heavy atom. The Labute approximate surface area is 121 Å². The molecule has 0 amide bonds. The van der Waals surface area contributed by atoms with Crippen LogP contribution in [-0.2, 0) is 9.53 Å². The minimum atomic E-state index is -0.835. The molecule has 1 aromatic carbocycles. The highest BCUT2D eigenvalue weighted by Crippen LogP contribution is 2.43. The van der Waals surface area contributed by atoms with Gasteiger partial charge in [0.2, 0.25) is 0 Å². The average Bonchev–Trinajstić information content (AvgIpc) is 3.28. The molecule has 0 radical (unpaired) electrons. The summed E-state index contributed by atoms with van der Waals surface area (Å²) in [6, 6.07) is 3.31. The van der Waals surface area contributed by atoms with Crippen LogP contribution in [0.4, 0.5) is 8.78 Å². The molecule has 0 saturated heterocycles. The number of likely N-dealkylation sites (N-methyl/N-ethyl adjacent to an activating group) is 1. The number of benzene rings is 1. The minimum absolute atomic E-state index is 0.184. The average molecular weight is 301 g/mol. The van der Waals surface area contributed by atoms with E-state index in [1.54, 1.807) is 7.05 Å². The van der Waals surface area contributed by atoms with Crippen LogP contribution in [0.3, 0.4) is 0 Å². The van der Waals surface area contributed by atoms with E-state index in [9.17, 15) is 13.6 Å². The molecule has 0 aliphatic heterocycles. The number of hydrogen-bond donors (Lipinski definition) is 1. The Morgan fingerprint density at radius 3 is 2.75 bits per heavy atom. The largest absolute Gasteiger partial charge is 0.468 e. The maximum atomic E-state index is 13.6. The van der Waals surface area contributed by atoms with Crippen molar-refractivity contribution >= 4 is 17.7 Å². The highest BCUT2D eigenvalue weighted by Gasteiger charge is 2.50. The molecule has 1 N–H and O–H groups in total. The lowest BCUT2D eigenvalue weighted by molar-refractivity contribution is -0.148. The van der Waals surface area contributed by atoms with Gasteiger partial charge in [0, 0.05) is 10.6 Å². The fraction of sp³-hybridized carbons (Fsp3) is 0.500. The van der Waals surface area contributed by atoms with Crippen molar-refractivity contribution in [2.24, 2.45) is 5.92 Å². The van der Waals surface area contributed by atoms with Crippen molar-refractivity contribution in [3.05, 3.63) is 29.8 Å². The van der Waals surface area contributed by atoms with Gasteiger partial charge in [0.1, 0.15) is 17.2 Å². The van der Waals surface area contributed by atoms with Gasteiger partial charge in [-0.05, 0) is 44.0 Å². The number of nitrogens with one attached hydrogen (secondary N) is 1. The van der Waals surface area contributed by atoms with Gasteiger partial charge in [-0.15, -0.1) is 11.8 Å². The third-order valence-corrected chi connectivity index (χ3v) is 4.84. The summed E-state index contributed by atoms with van der Waals surface area (Å²) < 4.78 is 31.6. The summed E-state index contributed by atoms with van der Waals surface area (Å²) in [7, 11) is 3.03. The monoisotopic (exact) mass is 301 g/mol. The number of ether oxygens (including phenoxy) is 1. The molecule has 0 heterocycles. The number of thioether (sulfide) groups is 1. The first-order valence-electron chi connectivity index (χ1n) is 6.38. The van der Waals surface area contributed by atoms with Gasteiger partial charge in [-0.25, -0.2) is 8.78 Å². The lowest BCUT2D eigenvalue weighted by Gasteiger charge is -2.30. The van der Waals surface area contributed by atoms with Crippen LogP contribution in [-0.4, -0.2) is 31.4 Å². The Kier molecular flexibility index (Phi) is 4.65. The predicted octanol–water partition coefficient (Wildman–Crippen LogP) is 2.60. The molecular weight excluding hydrogens is 284 g/mol. The normalized spacial score (nSPS) is 17.6. The van der Waals surface area contributed by atoms with Gasteiger partial charge in [-0.2, -0.15) is 0 Å². The van der Waals surface area contributed by atoms with Crippen molar-refractivity contribution in [1.82, 2.24) is 5.32 Å². The summed E-state index contributed by atoms with van der Waals surface area (Å²) in [6.07, 6.45) is 1.87. The van der Waals surface area contributed by atoms with Gasteiger partial charge in [0.05, 0.1) is 7.11 Å². The molecule has 6 heteroatoms. The van der Waals surface area contributed by atoms with E-state index >= 15 is 0 Å². The van der Waals surface area contributed by atoms with E-state index in [2.05, 4.69) is 5.32 Å². The summed E-state index contributed by atoms with van der Waals surface area (Å²) >= 11 is 1.13. The van der Waals surface area contributed by atoms with E-state index in [0.717, 1.165) is 42.8 Å². The lowest BCUT2D eigenvalue weighted by atomic mass is 9.96. The van der Waals surface area contributed by atoms with Crippen LogP contribution >= 0.6 is 11.8 Å². The topological polar surface area (TPSA) is 38.3 Å². The number of carbonyl (C=O) groups is 1. The molecule has 110 valence electrons. The highest BCUT2D eigenvalue weighted by molar-refractivity contribution is 7.99. The van der Waals surface area contributed by atoms with Crippen LogP contribution < -0.4 is 5.32 Å². The first kappa shape index (κ1) is 15.3. The number of carbonyl (C=O) groups excluding carboxylic acids is 1. The minimum Gasteiger partial charge on any atom is -0.468 e. The van der Waals surface area contributed by atoms with Crippen LogP contribution in [0.2, 0.25) is 0 Å². The smallest absolute Gasteiger partial charge is 0.327 e. The first-order chi connectivity index (χ1) is 9.53. The van der Waals surface area contributed by atoms with E-state index in [-0.39, 0.29) is 16.8 Å². The van der Waals surface area contributed by atoms with Crippen LogP contribution in [0.5, 0.6) is 0 Å². The Hall–Kier alpha value is -1.14. The number of methoxy groups -OCH3 is 1. The van der Waals surface area contributed by atoms with E-state index in [4.69, 9.17) is 4.74 Å². The van der Waals surface area contributed by atoms with Crippen LogP contribution in [0.1, 0.15) is 12.8 Å². The van der Waals surface area contributed by atoms with Gasteiger partial charge in [0.15, 0.2) is 0 Å². The molecule has 3 nitrogen and oxygen atoms in total. The van der Waals surface area contributed by atoms with Crippen molar-refractivity contribution in [3.8, 4) is 0 Å². The summed E-state index contributed by atoms with van der Waals surface area (Å²) in [5.74, 6) is -0.840. The fourth-order valence-corrected chi connectivity index (χ4v) is 3.54. The predicted molar refractivity (Wildman–Crippen MR) is 73.6 cm³/mol. The van der Waals surface area contributed by atoms with Gasteiger partial charge in [-0.1, -0.05) is 0 Å². The van der Waals surface area contributed by atoms with E-state index in [1.165, 1.54) is 7.11 Å². The molecular formula is C14H17F2NO2S. The summed E-state index contributed by atoms with van der Waals surface area (Å²) in [6.45, 7) is 0. The molecule has 2 rings (SSSR count). The molecule has 1 saturated carbocycles. The molecule has 1 fully saturated rings. The zero-order valence-electron chi connectivity index (χ0n) is 11.4. The maximum Gasteiger partial charge on any atom is 0.327 e. The fourth-order valence-electron chi connectivity index (χ4n) is 2.26. The third kappa shape index (κ3) is 2.96. The molecule has 0 aromatic heterocycles. The van der Waals surface area contributed by atoms with E-state index in [0.29, 0.717) is 5.75 Å². The zero-order valence-corrected chi connectivity index (χ0v) is 12.2. The third-order valence-electron chi connectivity index (χ3n) is 3.62. The molecule has 20 heavy (non-hydrogen) atoms. The van der Waals surface area contributed by atoms with E-state index in [1.807, 2.05) is 0 Å². The second kappa shape index (κ2) is 6.10. The molecule has 1 unspecified atom stereocenters. The quantitative estimate of drug-likeness (QED) is 0.647. The van der Waals surface area contributed by atoms with E-state index < -0.39 is 17.2 Å². The second-order valence-corrected chi connectivity index (χ2v) is 5.87. The Bertz CT molecular complexity index is 508. The lowest BCUT2D eigenvalue weighted by Crippen LogP contribution is -2.55. The van der Waals surface area contributed by atoms with Crippen LogP contribution in [0.15, 0.2) is 23.1 Å². The second-order valence-electron chi connectivity index (χ2n) is 4.85. The van der Waals surface area contributed by atoms with Crippen molar-refractivity contribution in [1.29, 1.82) is 0 Å². The summed E-state index contributed by atoms with van der Waals surface area (Å²) in [5.41, 5.74) is -0.835. The van der Waals surface area contributed by atoms with Crippen molar-refractivity contribution < 1.29 is 18.3 Å². The zero-order chi connectivity index (χ0) is 14.8. The molecule has 1 aliphatic rings. The highest BCUT2D eigenvalue weighted by atomic mass is 32.2. The first-order valence-corrected chi connectivity index (χ1v) is 7.37. The SMILES string of the molecule is CNC(CSc1cc(F)ccc1F)(C(=O)OC)C1CC1. The van der Waals surface area contributed by atoms with Crippen molar-refractivity contribution in [2.45, 2.75) is 23.3 Å². The van der Waals surface area contributed by atoms with Crippen LogP contribution in [0, 0.1) is 17.6 Å². The molecule has 1 atom stereocenters. The van der Waals surface area contributed by atoms with Gasteiger partial charge in [-0.3, -0.25) is 4.79 Å². The van der Waals surface area contributed by atoms with Gasteiger partial charge < -0.3 is 10.1 Å². The van der Waals surface area contributed by atoms with Crippen LogP contribution in [0.25, 0.3) is 0 Å². The number of hydrogen-bond acceptors (Lipinski definition) is 4. The molecule has 1 aliphatic carbocycles. The summed E-state index contributed by atoms with van der Waals surface area (Å²) in [5, 5.41) is 3.02. The summed E-state index contributed by atoms with van der Waals surface area (Å²) in [4.78, 5) is 12.3. The van der Waals surface area contributed by atoms with Crippen molar-refractivity contribution in [2.75, 3.05) is 19.9 Å². The molecule has 1 aromatic rings. The number of halogens is 2. The van der Waals surface area contributed by atoms with Gasteiger partial charge in [0.25, 0.3) is 0 Å². The maximum absolute atomic E-state index is 13.6. The van der Waals surface area contributed by atoms with Crippen molar-refractivity contribution in [3.63, 3.8) is 0 Å².